The molecule has 0 radical (unpaired) electrons. The van der Waals surface area contributed by atoms with Gasteiger partial charge in [0, 0.05) is 7.05 Å². The molecule has 0 atom stereocenters. The Bertz CT molecular complexity index is 946. The van der Waals surface area contributed by atoms with E-state index >= 15 is 0 Å². The molecule has 4 heteroatoms. The number of benzene rings is 2. The van der Waals surface area contributed by atoms with Gasteiger partial charge in [0.15, 0.2) is 0 Å². The normalized spacial score (nSPS) is 11.9. The van der Waals surface area contributed by atoms with E-state index in [4.69, 9.17) is 4.74 Å². The number of methoxy groups -OCH3 is 1. The molecule has 1 aromatic heterocycles. The number of aromatic nitrogens is 2. The third-order valence-electron chi connectivity index (χ3n) is 4.52. The second kappa shape index (κ2) is 7.43. The number of imidazole rings is 1. The number of para-hydroxylation sites is 2. The van der Waals surface area contributed by atoms with Crippen LogP contribution in [-0.2, 0) is 13.6 Å². The minimum absolute atomic E-state index is 0.0112. The van der Waals surface area contributed by atoms with Crippen molar-refractivity contribution in [3.63, 3.8) is 0 Å². The molecule has 0 N–H and O–H groups in total. The third kappa shape index (κ3) is 3.38. The van der Waals surface area contributed by atoms with Gasteiger partial charge in [0.05, 0.1) is 24.7 Å². The topological polar surface area (TPSA) is 36.2 Å². The first-order valence-corrected chi connectivity index (χ1v) is 8.63. The molecule has 0 amide bonds. The molecular formula is C21H24N2O2. The molecule has 3 aromatic rings. The van der Waals surface area contributed by atoms with Gasteiger partial charge in [0.2, 0.25) is 0 Å². The average molecular weight is 336 g/mol. The van der Waals surface area contributed by atoms with E-state index in [9.17, 15) is 4.79 Å². The zero-order valence-corrected chi connectivity index (χ0v) is 15.0. The van der Waals surface area contributed by atoms with E-state index in [2.05, 4.69) is 25.1 Å². The van der Waals surface area contributed by atoms with Crippen molar-refractivity contribution in [1.29, 1.82) is 0 Å². The highest BCUT2D eigenvalue weighted by Gasteiger charge is 2.12. The predicted molar refractivity (Wildman–Crippen MR) is 103 cm³/mol. The number of ether oxygens (including phenoxy) is 1. The number of hydrogen-bond donors (Lipinski definition) is 0. The Kier molecular flexibility index (Phi) is 5.08. The standard InChI is InChI=1S/C21H24N2O2/c1-4-5-8-17(16-11-13-18(25-3)14-12-16)15-23-20-10-7-6-9-19(20)22(2)21(23)24/h6-14H,4-5,15H2,1-3H3/b17-8-. The number of fused-ring (bicyclic) bond motifs is 1. The van der Waals surface area contributed by atoms with Crippen LogP contribution >= 0.6 is 0 Å². The van der Waals surface area contributed by atoms with Crippen LogP contribution in [0.1, 0.15) is 25.3 Å². The van der Waals surface area contributed by atoms with Gasteiger partial charge < -0.3 is 4.74 Å². The molecule has 0 aliphatic rings. The molecule has 0 aliphatic heterocycles. The number of unbranched alkanes of at least 4 members (excludes halogenated alkanes) is 1. The van der Waals surface area contributed by atoms with E-state index in [-0.39, 0.29) is 5.69 Å². The molecule has 2 aromatic carbocycles. The van der Waals surface area contributed by atoms with Crippen LogP contribution in [0.15, 0.2) is 59.4 Å². The van der Waals surface area contributed by atoms with E-state index in [0.29, 0.717) is 6.54 Å². The third-order valence-corrected chi connectivity index (χ3v) is 4.52. The van der Waals surface area contributed by atoms with Gasteiger partial charge in [0.25, 0.3) is 0 Å². The van der Waals surface area contributed by atoms with Crippen LogP contribution in [0.25, 0.3) is 16.6 Å². The van der Waals surface area contributed by atoms with Crippen LogP contribution in [0.3, 0.4) is 0 Å². The number of aryl methyl sites for hydroxylation is 1. The fourth-order valence-corrected chi connectivity index (χ4v) is 3.08. The van der Waals surface area contributed by atoms with E-state index in [0.717, 1.165) is 40.8 Å². The Hall–Kier alpha value is -2.75. The Labute approximate surface area is 148 Å². The molecule has 1 heterocycles. The van der Waals surface area contributed by atoms with Crippen molar-refractivity contribution in [2.24, 2.45) is 7.05 Å². The largest absolute Gasteiger partial charge is 0.497 e. The molecule has 0 saturated heterocycles. The fraction of sp³-hybridized carbons (Fsp3) is 0.286. The Balaban J connectivity index is 2.04. The minimum atomic E-state index is 0.0112. The van der Waals surface area contributed by atoms with Gasteiger partial charge in [-0.15, -0.1) is 0 Å². The molecule has 25 heavy (non-hydrogen) atoms. The lowest BCUT2D eigenvalue weighted by atomic mass is 10.0. The van der Waals surface area contributed by atoms with E-state index in [1.165, 1.54) is 0 Å². The van der Waals surface area contributed by atoms with Crippen molar-refractivity contribution in [3.05, 3.63) is 70.7 Å². The van der Waals surface area contributed by atoms with E-state index in [1.807, 2.05) is 48.0 Å². The summed E-state index contributed by atoms with van der Waals surface area (Å²) in [6.07, 6.45) is 4.29. The average Bonchev–Trinajstić information content (AvgIpc) is 2.90. The molecule has 0 bridgehead atoms. The van der Waals surface area contributed by atoms with Crippen LogP contribution < -0.4 is 10.4 Å². The first kappa shape index (κ1) is 17.1. The molecule has 3 rings (SSSR count). The lowest BCUT2D eigenvalue weighted by Crippen LogP contribution is -2.22. The molecular weight excluding hydrogens is 312 g/mol. The van der Waals surface area contributed by atoms with Crippen molar-refractivity contribution in [1.82, 2.24) is 9.13 Å². The summed E-state index contributed by atoms with van der Waals surface area (Å²) in [7, 11) is 3.49. The van der Waals surface area contributed by atoms with Gasteiger partial charge in [-0.25, -0.2) is 4.79 Å². The zero-order valence-electron chi connectivity index (χ0n) is 15.0. The Morgan fingerprint density at radius 1 is 1.08 bits per heavy atom. The zero-order chi connectivity index (χ0) is 17.8. The highest BCUT2D eigenvalue weighted by atomic mass is 16.5. The summed E-state index contributed by atoms with van der Waals surface area (Å²) in [5.41, 5.74) is 4.21. The van der Waals surface area contributed by atoms with E-state index in [1.54, 1.807) is 11.7 Å². The van der Waals surface area contributed by atoms with Crippen molar-refractivity contribution in [3.8, 4) is 5.75 Å². The van der Waals surface area contributed by atoms with Gasteiger partial charge in [0.1, 0.15) is 5.75 Å². The lowest BCUT2D eigenvalue weighted by molar-refractivity contribution is 0.415. The van der Waals surface area contributed by atoms with Gasteiger partial charge in [-0.1, -0.05) is 43.7 Å². The lowest BCUT2D eigenvalue weighted by Gasteiger charge is -2.11. The van der Waals surface area contributed by atoms with Gasteiger partial charge in [-0.2, -0.15) is 0 Å². The smallest absolute Gasteiger partial charge is 0.329 e. The summed E-state index contributed by atoms with van der Waals surface area (Å²) in [4.78, 5) is 12.7. The Morgan fingerprint density at radius 3 is 2.40 bits per heavy atom. The maximum atomic E-state index is 12.7. The number of hydrogen-bond acceptors (Lipinski definition) is 2. The number of nitrogens with zero attached hydrogens (tertiary/aromatic N) is 2. The summed E-state index contributed by atoms with van der Waals surface area (Å²) in [6, 6.07) is 15.9. The molecule has 4 nitrogen and oxygen atoms in total. The molecule has 0 saturated carbocycles. The highest BCUT2D eigenvalue weighted by molar-refractivity contribution is 5.77. The maximum absolute atomic E-state index is 12.7. The number of rotatable bonds is 6. The Morgan fingerprint density at radius 2 is 1.76 bits per heavy atom. The second-order valence-electron chi connectivity index (χ2n) is 6.16. The van der Waals surface area contributed by atoms with E-state index < -0.39 is 0 Å². The van der Waals surface area contributed by atoms with Gasteiger partial charge in [-0.05, 0) is 41.8 Å². The quantitative estimate of drug-likeness (QED) is 0.675. The molecule has 0 fully saturated rings. The van der Waals surface area contributed by atoms with Crippen molar-refractivity contribution < 1.29 is 4.74 Å². The monoisotopic (exact) mass is 336 g/mol. The maximum Gasteiger partial charge on any atom is 0.329 e. The summed E-state index contributed by atoms with van der Waals surface area (Å²) in [5, 5.41) is 0. The summed E-state index contributed by atoms with van der Waals surface area (Å²) < 4.78 is 8.81. The molecule has 0 spiro atoms. The van der Waals surface area contributed by atoms with Crippen molar-refractivity contribution in [2.75, 3.05) is 7.11 Å². The minimum Gasteiger partial charge on any atom is -0.497 e. The van der Waals surface area contributed by atoms with Crippen LogP contribution in [0, 0.1) is 0 Å². The SMILES string of the molecule is CCC/C=C(/Cn1c(=O)n(C)c2ccccc21)c1ccc(OC)cc1. The van der Waals surface area contributed by atoms with Gasteiger partial charge >= 0.3 is 5.69 Å². The van der Waals surface area contributed by atoms with Crippen LogP contribution in [0.4, 0.5) is 0 Å². The van der Waals surface area contributed by atoms with Crippen LogP contribution in [0.5, 0.6) is 5.75 Å². The highest BCUT2D eigenvalue weighted by Crippen LogP contribution is 2.22. The van der Waals surface area contributed by atoms with Crippen LogP contribution in [-0.4, -0.2) is 16.2 Å². The molecule has 130 valence electrons. The number of allylic oxidation sites excluding steroid dienone is 2. The van der Waals surface area contributed by atoms with Crippen molar-refractivity contribution in [2.45, 2.75) is 26.3 Å². The summed E-state index contributed by atoms with van der Waals surface area (Å²) >= 11 is 0. The van der Waals surface area contributed by atoms with Crippen LogP contribution in [0.2, 0.25) is 0 Å². The first-order valence-electron chi connectivity index (χ1n) is 8.63. The van der Waals surface area contributed by atoms with Crippen molar-refractivity contribution >= 4 is 16.6 Å². The molecule has 0 unspecified atom stereocenters. The summed E-state index contributed by atoms with van der Waals surface area (Å²) in [5.74, 6) is 0.834. The van der Waals surface area contributed by atoms with Gasteiger partial charge in [-0.3, -0.25) is 9.13 Å². The fourth-order valence-electron chi connectivity index (χ4n) is 3.08. The second-order valence-corrected chi connectivity index (χ2v) is 6.16. The molecule has 0 aliphatic carbocycles. The predicted octanol–water partition coefficient (Wildman–Crippen LogP) is 4.23. The summed E-state index contributed by atoms with van der Waals surface area (Å²) in [6.45, 7) is 2.72. The first-order chi connectivity index (χ1) is 12.2.